The number of hydrogen-bond acceptors (Lipinski definition) is 4. The monoisotopic (exact) mass is 272 g/mol. The summed E-state index contributed by atoms with van der Waals surface area (Å²) in [5.74, 6) is 0. The number of imidazole rings is 1. The lowest BCUT2D eigenvalue weighted by Crippen LogP contribution is -2.02. The summed E-state index contributed by atoms with van der Waals surface area (Å²) < 4.78 is 1.85. The van der Waals surface area contributed by atoms with Gasteiger partial charge < -0.3 is 5.73 Å². The SMILES string of the molecule is Cc1ccc(-c2cn3nc(CCN)sc3n2)c(C)c1. The van der Waals surface area contributed by atoms with E-state index < -0.39 is 0 Å². The molecule has 0 saturated heterocycles. The van der Waals surface area contributed by atoms with E-state index >= 15 is 0 Å². The van der Waals surface area contributed by atoms with Gasteiger partial charge in [0.15, 0.2) is 0 Å². The van der Waals surface area contributed by atoms with Crippen LogP contribution in [0.2, 0.25) is 0 Å². The Bertz CT molecular complexity index is 695. The molecule has 4 nitrogen and oxygen atoms in total. The first kappa shape index (κ1) is 12.3. The Morgan fingerprint density at radius 2 is 2.16 bits per heavy atom. The minimum Gasteiger partial charge on any atom is -0.330 e. The molecule has 0 fully saturated rings. The molecule has 0 radical (unpaired) electrons. The van der Waals surface area contributed by atoms with Crippen LogP contribution < -0.4 is 5.73 Å². The van der Waals surface area contributed by atoms with Gasteiger partial charge in [-0.05, 0) is 26.0 Å². The predicted octanol–water partition coefficient (Wildman–Crippen LogP) is 2.58. The molecule has 0 atom stereocenters. The number of aromatic nitrogens is 3. The minimum absolute atomic E-state index is 0.626. The number of nitrogens with two attached hydrogens (primary N) is 1. The van der Waals surface area contributed by atoms with Gasteiger partial charge in [-0.15, -0.1) is 0 Å². The summed E-state index contributed by atoms with van der Waals surface area (Å²) in [4.78, 5) is 5.58. The normalized spacial score (nSPS) is 11.3. The molecule has 2 aromatic heterocycles. The van der Waals surface area contributed by atoms with Crippen LogP contribution in [-0.4, -0.2) is 21.1 Å². The smallest absolute Gasteiger partial charge is 0.212 e. The van der Waals surface area contributed by atoms with Crippen LogP contribution in [0.1, 0.15) is 16.1 Å². The summed E-state index contributed by atoms with van der Waals surface area (Å²) in [6.07, 6.45) is 2.80. The van der Waals surface area contributed by atoms with E-state index in [0.29, 0.717) is 6.54 Å². The van der Waals surface area contributed by atoms with E-state index in [1.807, 2.05) is 10.7 Å². The molecule has 0 spiro atoms. The lowest BCUT2D eigenvalue weighted by molar-refractivity contribution is 0.873. The zero-order valence-electron chi connectivity index (χ0n) is 11.1. The molecule has 0 bridgehead atoms. The molecule has 0 unspecified atom stereocenters. The van der Waals surface area contributed by atoms with Crippen LogP contribution in [-0.2, 0) is 6.42 Å². The first-order chi connectivity index (χ1) is 9.17. The average molecular weight is 272 g/mol. The van der Waals surface area contributed by atoms with Crippen molar-refractivity contribution in [3.63, 3.8) is 0 Å². The molecule has 0 amide bonds. The molecule has 1 aromatic carbocycles. The van der Waals surface area contributed by atoms with Crippen molar-refractivity contribution >= 4 is 16.3 Å². The molecule has 0 aliphatic carbocycles. The molecular weight excluding hydrogens is 256 g/mol. The van der Waals surface area contributed by atoms with Crippen LogP contribution in [0.15, 0.2) is 24.4 Å². The summed E-state index contributed by atoms with van der Waals surface area (Å²) in [6.45, 7) is 4.84. The zero-order chi connectivity index (χ0) is 13.4. The van der Waals surface area contributed by atoms with Crippen molar-refractivity contribution < 1.29 is 0 Å². The molecule has 98 valence electrons. The number of nitrogens with zero attached hydrogens (tertiary/aromatic N) is 3. The van der Waals surface area contributed by atoms with E-state index in [4.69, 9.17) is 5.73 Å². The van der Waals surface area contributed by atoms with E-state index in [0.717, 1.165) is 22.1 Å². The van der Waals surface area contributed by atoms with Crippen molar-refractivity contribution in [1.82, 2.24) is 14.6 Å². The fourth-order valence-electron chi connectivity index (χ4n) is 2.20. The molecule has 0 saturated carbocycles. The van der Waals surface area contributed by atoms with E-state index in [1.165, 1.54) is 16.7 Å². The summed E-state index contributed by atoms with van der Waals surface area (Å²) in [6, 6.07) is 6.41. The van der Waals surface area contributed by atoms with Gasteiger partial charge in [-0.1, -0.05) is 35.1 Å². The molecule has 0 aliphatic rings. The van der Waals surface area contributed by atoms with Crippen molar-refractivity contribution in [2.75, 3.05) is 6.54 Å². The van der Waals surface area contributed by atoms with E-state index in [-0.39, 0.29) is 0 Å². The van der Waals surface area contributed by atoms with Crippen molar-refractivity contribution in [3.8, 4) is 11.3 Å². The van der Waals surface area contributed by atoms with Crippen LogP contribution in [0.25, 0.3) is 16.2 Å². The maximum atomic E-state index is 5.54. The second kappa shape index (κ2) is 4.75. The average Bonchev–Trinajstić information content (AvgIpc) is 2.87. The second-order valence-corrected chi connectivity index (χ2v) is 5.75. The second-order valence-electron chi connectivity index (χ2n) is 4.71. The van der Waals surface area contributed by atoms with Crippen molar-refractivity contribution in [3.05, 3.63) is 40.5 Å². The van der Waals surface area contributed by atoms with Crippen LogP contribution in [0.3, 0.4) is 0 Å². The van der Waals surface area contributed by atoms with Gasteiger partial charge in [0, 0.05) is 12.0 Å². The third-order valence-electron chi connectivity index (χ3n) is 3.10. The highest BCUT2D eigenvalue weighted by Gasteiger charge is 2.10. The number of fused-ring (bicyclic) bond motifs is 1. The van der Waals surface area contributed by atoms with Crippen molar-refractivity contribution in [1.29, 1.82) is 0 Å². The summed E-state index contributed by atoms with van der Waals surface area (Å²) in [7, 11) is 0. The van der Waals surface area contributed by atoms with E-state index in [9.17, 15) is 0 Å². The first-order valence-electron chi connectivity index (χ1n) is 6.30. The number of benzene rings is 1. The summed E-state index contributed by atoms with van der Waals surface area (Å²) in [5, 5.41) is 5.53. The van der Waals surface area contributed by atoms with E-state index in [1.54, 1.807) is 11.3 Å². The van der Waals surface area contributed by atoms with Gasteiger partial charge in [-0.3, -0.25) is 0 Å². The highest BCUT2D eigenvalue weighted by molar-refractivity contribution is 7.16. The molecule has 3 aromatic rings. The zero-order valence-corrected chi connectivity index (χ0v) is 11.9. The lowest BCUT2D eigenvalue weighted by atomic mass is 10.0. The highest BCUT2D eigenvalue weighted by Crippen LogP contribution is 2.25. The maximum absolute atomic E-state index is 5.54. The quantitative estimate of drug-likeness (QED) is 0.797. The highest BCUT2D eigenvalue weighted by atomic mass is 32.1. The van der Waals surface area contributed by atoms with Gasteiger partial charge in [-0.25, -0.2) is 9.50 Å². The Morgan fingerprint density at radius 3 is 2.84 bits per heavy atom. The number of rotatable bonds is 3. The third kappa shape index (κ3) is 2.27. The van der Waals surface area contributed by atoms with Gasteiger partial charge in [0.25, 0.3) is 0 Å². The van der Waals surface area contributed by atoms with Crippen LogP contribution in [0.4, 0.5) is 0 Å². The van der Waals surface area contributed by atoms with Crippen LogP contribution in [0, 0.1) is 13.8 Å². The van der Waals surface area contributed by atoms with Gasteiger partial charge in [0.2, 0.25) is 4.96 Å². The third-order valence-corrected chi connectivity index (χ3v) is 4.08. The first-order valence-corrected chi connectivity index (χ1v) is 7.12. The van der Waals surface area contributed by atoms with Gasteiger partial charge in [0.1, 0.15) is 5.01 Å². The Hall–Kier alpha value is -1.72. The molecule has 19 heavy (non-hydrogen) atoms. The number of aryl methyl sites for hydroxylation is 2. The Morgan fingerprint density at radius 1 is 1.32 bits per heavy atom. The van der Waals surface area contributed by atoms with Gasteiger partial charge >= 0.3 is 0 Å². The molecule has 0 aliphatic heterocycles. The largest absolute Gasteiger partial charge is 0.330 e. The Labute approximate surface area is 115 Å². The molecule has 5 heteroatoms. The van der Waals surface area contributed by atoms with Gasteiger partial charge in [0.05, 0.1) is 11.9 Å². The van der Waals surface area contributed by atoms with E-state index in [2.05, 4.69) is 42.1 Å². The molecule has 3 rings (SSSR count). The summed E-state index contributed by atoms with van der Waals surface area (Å²) >= 11 is 1.61. The van der Waals surface area contributed by atoms with Crippen molar-refractivity contribution in [2.45, 2.75) is 20.3 Å². The minimum atomic E-state index is 0.626. The lowest BCUT2D eigenvalue weighted by Gasteiger charge is -2.02. The molecular formula is C14H16N4S. The number of hydrogen-bond donors (Lipinski definition) is 1. The molecule has 2 N–H and O–H groups in total. The van der Waals surface area contributed by atoms with Crippen LogP contribution >= 0.6 is 11.3 Å². The van der Waals surface area contributed by atoms with Gasteiger partial charge in [-0.2, -0.15) is 5.10 Å². The standard InChI is InChI=1S/C14H16N4S/c1-9-3-4-11(10(2)7-9)12-8-18-14(16-12)19-13(17-18)5-6-15/h3-4,7-8H,5-6,15H2,1-2H3. The molecule has 2 heterocycles. The van der Waals surface area contributed by atoms with Crippen molar-refractivity contribution in [2.24, 2.45) is 5.73 Å². The fourth-order valence-corrected chi connectivity index (χ4v) is 3.09. The maximum Gasteiger partial charge on any atom is 0.212 e. The fraction of sp³-hybridized carbons (Fsp3) is 0.286. The van der Waals surface area contributed by atoms with Crippen LogP contribution in [0.5, 0.6) is 0 Å². The Kier molecular flexibility index (Phi) is 3.08. The summed E-state index contributed by atoms with van der Waals surface area (Å²) in [5.41, 5.74) is 10.2. The topological polar surface area (TPSA) is 56.2 Å². The Balaban J connectivity index is 2.03. The predicted molar refractivity (Wildman–Crippen MR) is 78.5 cm³/mol.